The van der Waals surface area contributed by atoms with Gasteiger partial charge in [0.2, 0.25) is 5.91 Å². The van der Waals surface area contributed by atoms with Crippen LogP contribution in [0.15, 0.2) is 21.4 Å². The lowest BCUT2D eigenvalue weighted by Gasteiger charge is -2.11. The number of hydrogen-bond acceptors (Lipinski definition) is 7. The number of nitrogens with zero attached hydrogens (tertiary/aromatic N) is 3. The van der Waals surface area contributed by atoms with Gasteiger partial charge in [-0.15, -0.1) is 11.3 Å². The molecule has 2 aromatic heterocycles. The Balaban J connectivity index is 1.90. The molecule has 23 heavy (non-hydrogen) atoms. The largest absolute Gasteiger partial charge is 0.354 e. The first-order valence-corrected chi connectivity index (χ1v) is 8.75. The van der Waals surface area contributed by atoms with Crippen molar-refractivity contribution in [2.75, 3.05) is 19.0 Å². The number of hydrogen-bond donors (Lipinski definition) is 2. The lowest BCUT2D eigenvalue weighted by molar-refractivity contribution is -0.120. The predicted molar refractivity (Wildman–Crippen MR) is 93.2 cm³/mol. The standard InChI is InChI=1S/C14H19N5O2S2/c1-8-5-11(20)18-13(16-8)23-9(2)12(21)15-6-10-7-22-14(17-10)19(3)4/h5,7,9H,6H2,1-4H3,(H,15,21)(H,16,18,20)/t9-/m0/s1. The average molecular weight is 353 g/mol. The van der Waals surface area contributed by atoms with Crippen LogP contribution in [0, 0.1) is 6.92 Å². The molecule has 2 N–H and O–H groups in total. The second kappa shape index (κ2) is 7.60. The number of nitrogens with one attached hydrogen (secondary N) is 2. The molecule has 0 saturated heterocycles. The normalized spacial score (nSPS) is 12.0. The van der Waals surface area contributed by atoms with Gasteiger partial charge in [0, 0.05) is 31.2 Å². The maximum Gasteiger partial charge on any atom is 0.251 e. The highest BCUT2D eigenvalue weighted by molar-refractivity contribution is 8.00. The predicted octanol–water partition coefficient (Wildman–Crippen LogP) is 1.40. The van der Waals surface area contributed by atoms with Crippen molar-refractivity contribution in [3.05, 3.63) is 33.2 Å². The van der Waals surface area contributed by atoms with E-state index in [0.717, 1.165) is 10.8 Å². The zero-order chi connectivity index (χ0) is 17.0. The molecule has 0 bridgehead atoms. The van der Waals surface area contributed by atoms with Gasteiger partial charge in [-0.1, -0.05) is 11.8 Å². The summed E-state index contributed by atoms with van der Waals surface area (Å²) in [5, 5.41) is 5.75. The molecule has 7 nitrogen and oxygen atoms in total. The van der Waals surface area contributed by atoms with Gasteiger partial charge in [-0.05, 0) is 13.8 Å². The van der Waals surface area contributed by atoms with Crippen molar-refractivity contribution in [3.8, 4) is 0 Å². The summed E-state index contributed by atoms with van der Waals surface area (Å²) >= 11 is 2.75. The highest BCUT2D eigenvalue weighted by Crippen LogP contribution is 2.20. The number of aryl methyl sites for hydroxylation is 1. The SMILES string of the molecule is Cc1cc(=O)[nH]c(S[C@@H](C)C(=O)NCc2csc(N(C)C)n2)n1. The zero-order valence-corrected chi connectivity index (χ0v) is 15.0. The summed E-state index contributed by atoms with van der Waals surface area (Å²) < 4.78 is 0. The highest BCUT2D eigenvalue weighted by Gasteiger charge is 2.16. The van der Waals surface area contributed by atoms with E-state index in [1.807, 2.05) is 24.4 Å². The van der Waals surface area contributed by atoms with Gasteiger partial charge in [0.25, 0.3) is 5.56 Å². The lowest BCUT2D eigenvalue weighted by atomic mass is 10.4. The third-order valence-corrected chi connectivity index (χ3v) is 4.91. The van der Waals surface area contributed by atoms with Gasteiger partial charge >= 0.3 is 0 Å². The lowest BCUT2D eigenvalue weighted by Crippen LogP contribution is -2.30. The number of carbonyl (C=O) groups excluding carboxylic acids is 1. The van der Waals surface area contributed by atoms with Gasteiger partial charge in [0.15, 0.2) is 10.3 Å². The zero-order valence-electron chi connectivity index (χ0n) is 13.4. The smallest absolute Gasteiger partial charge is 0.251 e. The molecule has 0 spiro atoms. The van der Waals surface area contributed by atoms with Crippen LogP contribution in [0.1, 0.15) is 18.3 Å². The van der Waals surface area contributed by atoms with Gasteiger partial charge in [-0.25, -0.2) is 9.97 Å². The third-order valence-electron chi connectivity index (χ3n) is 2.87. The number of carbonyl (C=O) groups is 1. The summed E-state index contributed by atoms with van der Waals surface area (Å²) in [4.78, 5) is 36.7. The first-order chi connectivity index (χ1) is 10.8. The Kier molecular flexibility index (Phi) is 5.78. The summed E-state index contributed by atoms with van der Waals surface area (Å²) in [6.07, 6.45) is 0. The minimum absolute atomic E-state index is 0.126. The van der Waals surface area contributed by atoms with E-state index in [2.05, 4.69) is 20.3 Å². The molecule has 1 atom stereocenters. The van der Waals surface area contributed by atoms with Crippen LogP contribution < -0.4 is 15.8 Å². The quantitative estimate of drug-likeness (QED) is 0.602. The molecule has 0 aromatic carbocycles. The summed E-state index contributed by atoms with van der Waals surface area (Å²) in [6, 6.07) is 1.42. The monoisotopic (exact) mass is 353 g/mol. The Morgan fingerprint density at radius 2 is 2.22 bits per heavy atom. The Hall–Kier alpha value is -1.87. The fraction of sp³-hybridized carbons (Fsp3) is 0.429. The molecule has 0 radical (unpaired) electrons. The second-order valence-electron chi connectivity index (χ2n) is 5.19. The van der Waals surface area contributed by atoms with Gasteiger partial charge < -0.3 is 15.2 Å². The molecule has 2 heterocycles. The van der Waals surface area contributed by atoms with E-state index in [1.54, 1.807) is 13.8 Å². The number of amides is 1. The van der Waals surface area contributed by atoms with Crippen molar-refractivity contribution < 1.29 is 4.79 Å². The molecule has 0 fully saturated rings. The van der Waals surface area contributed by atoms with Crippen molar-refractivity contribution >= 4 is 34.1 Å². The van der Waals surface area contributed by atoms with Gasteiger partial charge in [0.1, 0.15) is 0 Å². The summed E-state index contributed by atoms with van der Waals surface area (Å²) in [7, 11) is 3.85. The number of rotatable bonds is 6. The first-order valence-electron chi connectivity index (χ1n) is 6.99. The second-order valence-corrected chi connectivity index (χ2v) is 7.35. The minimum atomic E-state index is -0.369. The van der Waals surface area contributed by atoms with E-state index < -0.39 is 0 Å². The maximum absolute atomic E-state index is 12.1. The Bertz CT molecular complexity index is 741. The number of thioether (sulfide) groups is 1. The van der Waals surface area contributed by atoms with Crippen LogP contribution in [-0.4, -0.2) is 40.2 Å². The summed E-state index contributed by atoms with van der Waals surface area (Å²) in [5.74, 6) is -0.126. The van der Waals surface area contributed by atoms with Crippen molar-refractivity contribution in [1.82, 2.24) is 20.3 Å². The molecule has 0 aliphatic heterocycles. The molecule has 1 amide bonds. The molecule has 9 heteroatoms. The van der Waals surface area contributed by atoms with Crippen molar-refractivity contribution in [3.63, 3.8) is 0 Å². The van der Waals surface area contributed by atoms with Gasteiger partial charge in [-0.3, -0.25) is 9.59 Å². The molecule has 0 aliphatic carbocycles. The van der Waals surface area contributed by atoms with Crippen LogP contribution in [0.2, 0.25) is 0 Å². The van der Waals surface area contributed by atoms with Crippen LogP contribution in [0.3, 0.4) is 0 Å². The van der Waals surface area contributed by atoms with E-state index >= 15 is 0 Å². The molecule has 0 aliphatic rings. The highest BCUT2D eigenvalue weighted by atomic mass is 32.2. The van der Waals surface area contributed by atoms with E-state index in [4.69, 9.17) is 0 Å². The van der Waals surface area contributed by atoms with Crippen LogP contribution in [0.4, 0.5) is 5.13 Å². The molecule has 0 unspecified atom stereocenters. The molecule has 2 aromatic rings. The van der Waals surface area contributed by atoms with Gasteiger partial charge in [-0.2, -0.15) is 0 Å². The summed E-state index contributed by atoms with van der Waals surface area (Å²) in [6.45, 7) is 3.90. The van der Waals surface area contributed by atoms with E-state index in [0.29, 0.717) is 17.4 Å². The van der Waals surface area contributed by atoms with Crippen molar-refractivity contribution in [2.24, 2.45) is 0 Å². The van der Waals surface area contributed by atoms with E-state index in [9.17, 15) is 9.59 Å². The average Bonchev–Trinajstić information content (AvgIpc) is 2.92. The third kappa shape index (κ3) is 5.07. The minimum Gasteiger partial charge on any atom is -0.354 e. The van der Waals surface area contributed by atoms with Gasteiger partial charge in [0.05, 0.1) is 17.5 Å². The molecular formula is C14H19N5O2S2. The number of thiazole rings is 1. The summed E-state index contributed by atoms with van der Waals surface area (Å²) in [5.41, 5.74) is 1.24. The number of H-pyrrole nitrogens is 1. The Labute approximate surface area is 142 Å². The molecular weight excluding hydrogens is 334 g/mol. The Morgan fingerprint density at radius 3 is 2.83 bits per heavy atom. The number of anilines is 1. The van der Waals surface area contributed by atoms with Crippen LogP contribution in [0.25, 0.3) is 0 Å². The van der Waals surface area contributed by atoms with Crippen molar-refractivity contribution in [1.29, 1.82) is 0 Å². The number of aromatic amines is 1. The van der Waals surface area contributed by atoms with Crippen LogP contribution >= 0.6 is 23.1 Å². The van der Waals surface area contributed by atoms with E-state index in [1.165, 1.54) is 29.2 Å². The molecule has 124 valence electrons. The Morgan fingerprint density at radius 1 is 1.48 bits per heavy atom. The van der Waals surface area contributed by atoms with Crippen LogP contribution in [0.5, 0.6) is 0 Å². The maximum atomic E-state index is 12.1. The fourth-order valence-electron chi connectivity index (χ4n) is 1.73. The van der Waals surface area contributed by atoms with E-state index in [-0.39, 0.29) is 16.7 Å². The van der Waals surface area contributed by atoms with Crippen LogP contribution in [-0.2, 0) is 11.3 Å². The first kappa shape index (κ1) is 17.5. The fourth-order valence-corrected chi connectivity index (χ4v) is 3.37. The topological polar surface area (TPSA) is 91.0 Å². The number of aromatic nitrogens is 3. The molecule has 2 rings (SSSR count). The molecule has 0 saturated carbocycles. The van der Waals surface area contributed by atoms with Crippen molar-refractivity contribution in [2.45, 2.75) is 30.8 Å².